The fraction of sp³-hybridized carbons (Fsp3) is 0.429. The summed E-state index contributed by atoms with van der Waals surface area (Å²) >= 11 is 0. The zero-order chi connectivity index (χ0) is 14.9. The maximum absolute atomic E-state index is 14.2. The van der Waals surface area contributed by atoms with Gasteiger partial charge in [-0.1, -0.05) is 0 Å². The van der Waals surface area contributed by atoms with Crippen molar-refractivity contribution in [2.45, 2.75) is 32.4 Å². The van der Waals surface area contributed by atoms with Crippen LogP contribution in [0.1, 0.15) is 20.3 Å². The van der Waals surface area contributed by atoms with Crippen molar-refractivity contribution < 1.29 is 14.0 Å². The molecular weight excluding hydrogens is 261 g/mol. The molecule has 0 bridgehead atoms. The third kappa shape index (κ3) is 2.51. The van der Waals surface area contributed by atoms with Gasteiger partial charge in [0.25, 0.3) is 0 Å². The lowest BCUT2D eigenvalue weighted by atomic mass is 10.2. The van der Waals surface area contributed by atoms with Crippen molar-refractivity contribution in [3.63, 3.8) is 0 Å². The standard InChI is InChI=1S/C14H18FN3O2/c1-9(2)18(8-19)10-3-4-13(11(15)7-10)17-6-5-12(16)14(17)20/h3-4,7-9,12H,5-6,16H2,1-2H3. The molecule has 6 heteroatoms. The minimum atomic E-state index is -0.559. The Labute approximate surface area is 117 Å². The van der Waals surface area contributed by atoms with Crippen LogP contribution in [0.2, 0.25) is 0 Å². The Balaban J connectivity index is 2.31. The Morgan fingerprint density at radius 3 is 2.65 bits per heavy atom. The van der Waals surface area contributed by atoms with Gasteiger partial charge < -0.3 is 15.5 Å². The molecule has 1 unspecified atom stereocenters. The maximum Gasteiger partial charge on any atom is 0.244 e. The Hall–Kier alpha value is -1.95. The molecule has 20 heavy (non-hydrogen) atoms. The van der Waals surface area contributed by atoms with Crippen LogP contribution in [0.5, 0.6) is 0 Å². The van der Waals surface area contributed by atoms with Gasteiger partial charge in [0.1, 0.15) is 5.82 Å². The fourth-order valence-corrected chi connectivity index (χ4v) is 2.30. The summed E-state index contributed by atoms with van der Waals surface area (Å²) < 4.78 is 14.2. The molecule has 0 spiro atoms. The van der Waals surface area contributed by atoms with Gasteiger partial charge in [0, 0.05) is 18.3 Å². The lowest BCUT2D eigenvalue weighted by Crippen LogP contribution is -2.34. The van der Waals surface area contributed by atoms with E-state index < -0.39 is 11.9 Å². The monoisotopic (exact) mass is 279 g/mol. The molecule has 1 aromatic carbocycles. The molecule has 2 amide bonds. The van der Waals surface area contributed by atoms with E-state index in [2.05, 4.69) is 0 Å². The van der Waals surface area contributed by atoms with E-state index in [0.29, 0.717) is 25.1 Å². The van der Waals surface area contributed by atoms with E-state index in [9.17, 15) is 14.0 Å². The first-order valence-electron chi connectivity index (χ1n) is 6.56. The average molecular weight is 279 g/mol. The van der Waals surface area contributed by atoms with Crippen LogP contribution in [0, 0.1) is 5.82 Å². The first kappa shape index (κ1) is 14.5. The normalized spacial score (nSPS) is 18.8. The molecule has 5 nitrogen and oxygen atoms in total. The second-order valence-corrected chi connectivity index (χ2v) is 5.13. The van der Waals surface area contributed by atoms with E-state index in [-0.39, 0.29) is 17.6 Å². The molecule has 1 saturated heterocycles. The van der Waals surface area contributed by atoms with Crippen molar-refractivity contribution in [2.24, 2.45) is 5.73 Å². The number of anilines is 2. The minimum absolute atomic E-state index is 0.0698. The smallest absolute Gasteiger partial charge is 0.244 e. The number of hydrogen-bond acceptors (Lipinski definition) is 3. The molecule has 1 atom stereocenters. The highest BCUT2D eigenvalue weighted by molar-refractivity contribution is 5.99. The molecule has 1 aliphatic rings. The molecule has 0 aliphatic carbocycles. The van der Waals surface area contributed by atoms with Gasteiger partial charge in [-0.25, -0.2) is 4.39 Å². The van der Waals surface area contributed by atoms with E-state index in [1.54, 1.807) is 6.07 Å². The van der Waals surface area contributed by atoms with Gasteiger partial charge in [-0.2, -0.15) is 0 Å². The third-order valence-electron chi connectivity index (χ3n) is 3.44. The van der Waals surface area contributed by atoms with Crippen molar-refractivity contribution >= 4 is 23.7 Å². The van der Waals surface area contributed by atoms with Crippen molar-refractivity contribution in [2.75, 3.05) is 16.3 Å². The van der Waals surface area contributed by atoms with Crippen molar-refractivity contribution in [3.8, 4) is 0 Å². The number of nitrogens with two attached hydrogens (primary N) is 1. The van der Waals surface area contributed by atoms with E-state index in [1.807, 2.05) is 13.8 Å². The zero-order valence-corrected chi connectivity index (χ0v) is 11.5. The second kappa shape index (κ2) is 5.58. The molecule has 1 aliphatic heterocycles. The summed E-state index contributed by atoms with van der Waals surface area (Å²) in [5.41, 5.74) is 6.30. The Morgan fingerprint density at radius 2 is 2.20 bits per heavy atom. The fourth-order valence-electron chi connectivity index (χ4n) is 2.30. The van der Waals surface area contributed by atoms with Gasteiger partial charge in [-0.05, 0) is 38.5 Å². The van der Waals surface area contributed by atoms with E-state index >= 15 is 0 Å². The summed E-state index contributed by atoms with van der Waals surface area (Å²) in [6.07, 6.45) is 1.18. The van der Waals surface area contributed by atoms with Crippen LogP contribution in [-0.2, 0) is 9.59 Å². The van der Waals surface area contributed by atoms with Crippen molar-refractivity contribution in [3.05, 3.63) is 24.0 Å². The SMILES string of the molecule is CC(C)N(C=O)c1ccc(N2CCC(N)C2=O)c(F)c1. The lowest BCUT2D eigenvalue weighted by molar-refractivity contribution is -0.118. The Kier molecular flexibility index (Phi) is 4.04. The summed E-state index contributed by atoms with van der Waals surface area (Å²) in [5.74, 6) is -0.801. The highest BCUT2D eigenvalue weighted by atomic mass is 19.1. The highest BCUT2D eigenvalue weighted by Gasteiger charge is 2.31. The number of hydrogen-bond donors (Lipinski definition) is 1. The molecule has 1 fully saturated rings. The second-order valence-electron chi connectivity index (χ2n) is 5.13. The molecule has 1 aromatic rings. The highest BCUT2D eigenvalue weighted by Crippen LogP contribution is 2.28. The van der Waals surface area contributed by atoms with Crippen LogP contribution in [0.15, 0.2) is 18.2 Å². The van der Waals surface area contributed by atoms with Gasteiger partial charge >= 0.3 is 0 Å². The number of amides is 2. The molecule has 0 aromatic heterocycles. The van der Waals surface area contributed by atoms with Gasteiger partial charge in [-0.3, -0.25) is 9.59 Å². The van der Waals surface area contributed by atoms with E-state index in [4.69, 9.17) is 5.73 Å². The van der Waals surface area contributed by atoms with E-state index in [1.165, 1.54) is 21.9 Å². The average Bonchev–Trinajstić information content (AvgIpc) is 2.71. The molecule has 2 N–H and O–H groups in total. The first-order valence-corrected chi connectivity index (χ1v) is 6.56. The van der Waals surface area contributed by atoms with Crippen LogP contribution >= 0.6 is 0 Å². The predicted octanol–water partition coefficient (Wildman–Crippen LogP) is 1.26. The van der Waals surface area contributed by atoms with Crippen LogP contribution in [-0.4, -0.2) is 30.9 Å². The lowest BCUT2D eigenvalue weighted by Gasteiger charge is -2.23. The topological polar surface area (TPSA) is 66.6 Å². The Morgan fingerprint density at radius 1 is 1.50 bits per heavy atom. The van der Waals surface area contributed by atoms with Crippen LogP contribution in [0.4, 0.5) is 15.8 Å². The first-order chi connectivity index (χ1) is 9.45. The van der Waals surface area contributed by atoms with Crippen LogP contribution in [0.3, 0.4) is 0 Å². The number of nitrogens with zero attached hydrogens (tertiary/aromatic N) is 2. The maximum atomic E-state index is 14.2. The summed E-state index contributed by atoms with van der Waals surface area (Å²) in [5, 5.41) is 0. The minimum Gasteiger partial charge on any atom is -0.320 e. The summed E-state index contributed by atoms with van der Waals surface area (Å²) in [7, 11) is 0. The van der Waals surface area contributed by atoms with Crippen LogP contribution < -0.4 is 15.5 Å². The number of benzene rings is 1. The quantitative estimate of drug-likeness (QED) is 0.844. The van der Waals surface area contributed by atoms with Gasteiger partial charge in [0.15, 0.2) is 0 Å². The molecule has 108 valence electrons. The number of rotatable bonds is 4. The largest absolute Gasteiger partial charge is 0.320 e. The number of halogens is 1. The molecule has 0 saturated carbocycles. The van der Waals surface area contributed by atoms with E-state index in [0.717, 1.165) is 0 Å². The zero-order valence-electron chi connectivity index (χ0n) is 11.5. The van der Waals surface area contributed by atoms with Gasteiger partial charge in [0.2, 0.25) is 12.3 Å². The molecule has 1 heterocycles. The van der Waals surface area contributed by atoms with Crippen LogP contribution in [0.25, 0.3) is 0 Å². The van der Waals surface area contributed by atoms with Gasteiger partial charge in [0.05, 0.1) is 11.7 Å². The molecule has 2 rings (SSSR count). The summed E-state index contributed by atoms with van der Waals surface area (Å²) in [6, 6.07) is 3.78. The predicted molar refractivity (Wildman–Crippen MR) is 75.0 cm³/mol. The molecule has 0 radical (unpaired) electrons. The number of carbonyl (C=O) groups is 2. The number of carbonyl (C=O) groups excluding carboxylic acids is 2. The van der Waals surface area contributed by atoms with Crippen molar-refractivity contribution in [1.29, 1.82) is 0 Å². The molecular formula is C14H18FN3O2. The third-order valence-corrected chi connectivity index (χ3v) is 3.44. The Bertz CT molecular complexity index is 533. The summed E-state index contributed by atoms with van der Waals surface area (Å²) in [4.78, 5) is 25.6. The summed E-state index contributed by atoms with van der Waals surface area (Å²) in [6.45, 7) is 4.09. The van der Waals surface area contributed by atoms with Crippen molar-refractivity contribution in [1.82, 2.24) is 0 Å². The van der Waals surface area contributed by atoms with Gasteiger partial charge in [-0.15, -0.1) is 0 Å².